The van der Waals surface area contributed by atoms with Crippen LogP contribution in [0.25, 0.3) is 0 Å². The van der Waals surface area contributed by atoms with E-state index in [0.717, 1.165) is 45.8 Å². The minimum absolute atomic E-state index is 0. The smallest absolute Gasteiger partial charge is 0.549 e. The maximum absolute atomic E-state index is 11.1. The van der Waals surface area contributed by atoms with E-state index in [9.17, 15) is 19.8 Å². The Labute approximate surface area is 207 Å². The van der Waals surface area contributed by atoms with Crippen LogP contribution in [0.4, 0.5) is 0 Å². The number of hydrogen-bond donors (Lipinski definition) is 1. The molecule has 0 aliphatic carbocycles. The van der Waals surface area contributed by atoms with E-state index in [0.29, 0.717) is 19.6 Å². The molecule has 1 N–H and O–H groups in total. The second-order valence-electron chi connectivity index (χ2n) is 7.28. The molecule has 1 aliphatic rings. The van der Waals surface area contributed by atoms with E-state index < -0.39 is 12.3 Å². The van der Waals surface area contributed by atoms with Crippen molar-refractivity contribution in [3.05, 3.63) is 0 Å². The van der Waals surface area contributed by atoms with Gasteiger partial charge in [-0.15, -0.1) is 0 Å². The first kappa shape index (κ1) is 29.2. The van der Waals surface area contributed by atoms with Crippen molar-refractivity contribution in [2.45, 2.75) is 27.1 Å². The SMILES string of the molecule is CCN1CCN(CC)CCN(CC(O)OCC(C)=O)CCN(CC(=O)[O-])CC1.[Gd+3]. The molecule has 1 saturated heterocycles. The summed E-state index contributed by atoms with van der Waals surface area (Å²) >= 11 is 0. The van der Waals surface area contributed by atoms with E-state index in [4.69, 9.17) is 4.74 Å². The summed E-state index contributed by atoms with van der Waals surface area (Å²) in [4.78, 5) is 30.8. The van der Waals surface area contributed by atoms with Gasteiger partial charge in [0.15, 0.2) is 12.1 Å². The Balaban J connectivity index is 0.00000784. The molecular weight excluding hydrogens is 521 g/mol. The number of aliphatic carboxylic acids is 1. The molecule has 0 aromatic rings. The van der Waals surface area contributed by atoms with Crippen LogP contribution in [0.15, 0.2) is 0 Å². The average Bonchev–Trinajstić information content (AvgIpc) is 2.64. The van der Waals surface area contributed by atoms with Gasteiger partial charge < -0.3 is 29.5 Å². The first-order valence-electron chi connectivity index (χ1n) is 10.2. The third kappa shape index (κ3) is 14.0. The number of rotatable bonds is 9. The predicted octanol–water partition coefficient (Wildman–Crippen LogP) is -2.08. The number of carbonyl (C=O) groups excluding carboxylic acids is 2. The molecule has 9 nitrogen and oxygen atoms in total. The maximum Gasteiger partial charge on any atom is 3.00 e. The third-order valence-corrected chi connectivity index (χ3v) is 5.07. The topological polar surface area (TPSA) is 99.6 Å². The first-order valence-corrected chi connectivity index (χ1v) is 10.2. The summed E-state index contributed by atoms with van der Waals surface area (Å²) in [6.45, 7) is 13.7. The van der Waals surface area contributed by atoms with Crippen LogP contribution in [0.2, 0.25) is 0 Å². The van der Waals surface area contributed by atoms with Crippen molar-refractivity contribution in [2.75, 3.05) is 85.1 Å². The van der Waals surface area contributed by atoms with Crippen molar-refractivity contribution in [3.63, 3.8) is 0 Å². The van der Waals surface area contributed by atoms with E-state index in [2.05, 4.69) is 28.5 Å². The van der Waals surface area contributed by atoms with Gasteiger partial charge in [0.05, 0.1) is 5.97 Å². The quantitative estimate of drug-likeness (QED) is 0.320. The number of β-amino-alcohol motifs (C(OH)–C–C–N with tert-alkyl or cyclic N) is 1. The molecule has 0 aromatic heterocycles. The monoisotopic (exact) mass is 559 g/mol. The standard InChI is InChI=1S/C19H38N4O5.Gd/c1-4-20-6-7-21(5-2)9-11-23(15-19(27)28-16-17(3)24)13-12-22(10-8-20)14-18(25)26;/h19,27H,4-16H2,1-3H3,(H,25,26);/q;+3/p-1. The van der Waals surface area contributed by atoms with Gasteiger partial charge in [-0.05, 0) is 20.0 Å². The molecule has 169 valence electrons. The van der Waals surface area contributed by atoms with Crippen LogP contribution in [0, 0.1) is 39.9 Å². The number of aliphatic hydroxyl groups excluding tert-OH is 1. The van der Waals surface area contributed by atoms with Gasteiger partial charge in [0.25, 0.3) is 0 Å². The molecule has 1 rings (SSSR count). The van der Waals surface area contributed by atoms with Crippen molar-refractivity contribution in [1.82, 2.24) is 19.6 Å². The molecule has 0 saturated carbocycles. The van der Waals surface area contributed by atoms with Crippen LogP contribution < -0.4 is 5.11 Å². The second-order valence-corrected chi connectivity index (χ2v) is 7.28. The van der Waals surface area contributed by atoms with Crippen LogP contribution in [0.1, 0.15) is 20.8 Å². The van der Waals surface area contributed by atoms with E-state index in [1.807, 2.05) is 4.90 Å². The number of ketones is 1. The molecule has 29 heavy (non-hydrogen) atoms. The summed E-state index contributed by atoms with van der Waals surface area (Å²) in [5.74, 6) is -1.21. The van der Waals surface area contributed by atoms with E-state index >= 15 is 0 Å². The zero-order valence-corrected chi connectivity index (χ0v) is 20.3. The molecule has 0 spiro atoms. The van der Waals surface area contributed by atoms with Crippen molar-refractivity contribution >= 4 is 11.8 Å². The fourth-order valence-electron chi connectivity index (χ4n) is 3.22. The van der Waals surface area contributed by atoms with Gasteiger partial charge in [-0.2, -0.15) is 0 Å². The van der Waals surface area contributed by atoms with Gasteiger partial charge in [0, 0.05) is 65.4 Å². The number of hydrogen-bond acceptors (Lipinski definition) is 9. The zero-order valence-electron chi connectivity index (χ0n) is 18.0. The minimum atomic E-state index is -1.08. The molecule has 1 heterocycles. The first-order chi connectivity index (χ1) is 13.3. The van der Waals surface area contributed by atoms with Gasteiger partial charge in [-0.25, -0.2) is 0 Å². The fourth-order valence-corrected chi connectivity index (χ4v) is 3.22. The number of carbonyl (C=O) groups is 2. The van der Waals surface area contributed by atoms with Gasteiger partial charge in [0.1, 0.15) is 6.61 Å². The Hall–Kier alpha value is 0.225. The largest absolute Gasteiger partial charge is 3.00 e. The number of aliphatic hydroxyl groups is 1. The molecule has 10 heteroatoms. The minimum Gasteiger partial charge on any atom is -0.549 e. The summed E-state index contributed by atoms with van der Waals surface area (Å²) < 4.78 is 5.18. The Bertz CT molecular complexity index is 472. The number of likely N-dealkylation sites (N-methyl/N-ethyl adjacent to an activating group) is 2. The molecule has 0 amide bonds. The maximum atomic E-state index is 11.1. The number of carboxylic acids is 1. The summed E-state index contributed by atoms with van der Waals surface area (Å²) in [5.41, 5.74) is 0. The third-order valence-electron chi connectivity index (χ3n) is 5.07. The zero-order chi connectivity index (χ0) is 20.9. The molecular formula is C19H37GdN4O5+2. The molecule has 1 unspecified atom stereocenters. The number of carboxylic acid groups (broad SMARTS) is 1. The summed E-state index contributed by atoms with van der Waals surface area (Å²) in [6.07, 6.45) is -1.04. The molecule has 0 aromatic carbocycles. The van der Waals surface area contributed by atoms with Crippen LogP contribution in [-0.2, 0) is 14.3 Å². The predicted molar refractivity (Wildman–Crippen MR) is 105 cm³/mol. The Morgan fingerprint density at radius 3 is 1.69 bits per heavy atom. The number of Topliss-reactive ketones (excluding diaryl/α,β-unsaturated/α-hetero) is 1. The van der Waals surface area contributed by atoms with E-state index in [-0.39, 0.29) is 65.4 Å². The number of nitrogens with zero attached hydrogens (tertiary/aromatic N) is 4. The summed E-state index contributed by atoms with van der Waals surface area (Å²) in [7, 11) is 0. The average molecular weight is 559 g/mol. The summed E-state index contributed by atoms with van der Waals surface area (Å²) in [6, 6.07) is 0. The van der Waals surface area contributed by atoms with Crippen molar-refractivity contribution < 1.29 is 64.5 Å². The van der Waals surface area contributed by atoms with Crippen LogP contribution in [-0.4, -0.2) is 128 Å². The van der Waals surface area contributed by atoms with Gasteiger partial charge in [-0.3, -0.25) is 14.6 Å². The van der Waals surface area contributed by atoms with Crippen molar-refractivity contribution in [2.24, 2.45) is 0 Å². The van der Waals surface area contributed by atoms with Crippen molar-refractivity contribution in [3.8, 4) is 0 Å². The molecule has 1 radical (unpaired) electrons. The van der Waals surface area contributed by atoms with Gasteiger partial charge >= 0.3 is 39.9 Å². The molecule has 0 bridgehead atoms. The van der Waals surface area contributed by atoms with E-state index in [1.165, 1.54) is 6.92 Å². The molecule has 1 aliphatic heterocycles. The Kier molecular flexibility index (Phi) is 17.0. The van der Waals surface area contributed by atoms with Crippen LogP contribution >= 0.6 is 0 Å². The molecule has 1 atom stereocenters. The van der Waals surface area contributed by atoms with Crippen LogP contribution in [0.5, 0.6) is 0 Å². The Morgan fingerprint density at radius 2 is 1.31 bits per heavy atom. The van der Waals surface area contributed by atoms with Crippen molar-refractivity contribution in [1.29, 1.82) is 0 Å². The van der Waals surface area contributed by atoms with E-state index in [1.54, 1.807) is 0 Å². The Morgan fingerprint density at radius 1 is 0.897 bits per heavy atom. The van der Waals surface area contributed by atoms with Crippen LogP contribution in [0.3, 0.4) is 0 Å². The fraction of sp³-hybridized carbons (Fsp3) is 0.895. The number of ether oxygens (including phenoxy) is 1. The van der Waals surface area contributed by atoms with Gasteiger partial charge in [-0.1, -0.05) is 13.8 Å². The summed E-state index contributed by atoms with van der Waals surface area (Å²) in [5, 5.41) is 21.2. The molecule has 1 fully saturated rings. The normalized spacial score (nSPS) is 20.3. The van der Waals surface area contributed by atoms with Gasteiger partial charge in [0.2, 0.25) is 0 Å². The second kappa shape index (κ2) is 16.9.